The van der Waals surface area contributed by atoms with Gasteiger partial charge < -0.3 is 10.2 Å². The van der Waals surface area contributed by atoms with E-state index in [-0.39, 0.29) is 12.0 Å². The van der Waals surface area contributed by atoms with Gasteiger partial charge in [-0.3, -0.25) is 4.79 Å². The second-order valence-electron chi connectivity index (χ2n) is 7.06. The van der Waals surface area contributed by atoms with E-state index in [1.54, 1.807) is 0 Å². The number of hydrogen-bond acceptors (Lipinski definition) is 2. The minimum Gasteiger partial charge on any atom is -0.336 e. The predicted octanol–water partition coefficient (Wildman–Crippen LogP) is 3.58. The summed E-state index contributed by atoms with van der Waals surface area (Å²) < 4.78 is 1.08. The number of halogens is 1. The second kappa shape index (κ2) is 6.32. The van der Waals surface area contributed by atoms with Crippen LogP contribution < -0.4 is 5.32 Å². The van der Waals surface area contributed by atoms with Crippen LogP contribution in [0.25, 0.3) is 0 Å². The smallest absolute Gasteiger partial charge is 0.226 e. The minimum absolute atomic E-state index is 0.246. The van der Waals surface area contributed by atoms with E-state index in [2.05, 4.69) is 52.1 Å². The molecule has 1 N–H and O–H groups in total. The molecular formula is C18H25BrN2O. The van der Waals surface area contributed by atoms with Crippen molar-refractivity contribution in [1.29, 1.82) is 0 Å². The average molecular weight is 365 g/mol. The summed E-state index contributed by atoms with van der Waals surface area (Å²) in [6.07, 6.45) is 3.42. The zero-order valence-electron chi connectivity index (χ0n) is 13.4. The van der Waals surface area contributed by atoms with Crippen LogP contribution in [0.4, 0.5) is 0 Å². The highest BCUT2D eigenvalue weighted by atomic mass is 79.9. The summed E-state index contributed by atoms with van der Waals surface area (Å²) in [6.45, 7) is 7.09. The Balaban J connectivity index is 1.69. The van der Waals surface area contributed by atoms with Crippen molar-refractivity contribution >= 4 is 21.8 Å². The first kappa shape index (κ1) is 16.0. The van der Waals surface area contributed by atoms with Crippen LogP contribution >= 0.6 is 15.9 Å². The summed E-state index contributed by atoms with van der Waals surface area (Å²) in [5.74, 6) is 0.618. The van der Waals surface area contributed by atoms with E-state index < -0.39 is 0 Å². The first-order valence-electron chi connectivity index (χ1n) is 8.27. The number of hydrogen-bond donors (Lipinski definition) is 1. The Morgan fingerprint density at radius 3 is 2.55 bits per heavy atom. The Hall–Kier alpha value is -0.870. The normalized spacial score (nSPS) is 22.8. The molecule has 1 aromatic rings. The third-order valence-corrected chi connectivity index (χ3v) is 5.79. The molecule has 1 aliphatic carbocycles. The zero-order valence-corrected chi connectivity index (χ0v) is 15.0. The van der Waals surface area contributed by atoms with Crippen LogP contribution in [0.15, 0.2) is 28.7 Å². The Morgan fingerprint density at radius 2 is 1.95 bits per heavy atom. The van der Waals surface area contributed by atoms with Crippen LogP contribution in [-0.4, -0.2) is 29.9 Å². The Kier molecular flexibility index (Phi) is 4.60. The molecular weight excluding hydrogens is 340 g/mol. The van der Waals surface area contributed by atoms with E-state index in [1.807, 2.05) is 12.1 Å². The Morgan fingerprint density at radius 1 is 1.32 bits per heavy atom. The molecule has 120 valence electrons. The first-order valence-corrected chi connectivity index (χ1v) is 9.07. The van der Waals surface area contributed by atoms with Crippen molar-refractivity contribution in [3.05, 3.63) is 34.3 Å². The maximum atomic E-state index is 13.0. The van der Waals surface area contributed by atoms with Crippen molar-refractivity contribution in [2.24, 2.45) is 11.3 Å². The van der Waals surface area contributed by atoms with Crippen molar-refractivity contribution in [2.75, 3.05) is 13.1 Å². The lowest BCUT2D eigenvalue weighted by Crippen LogP contribution is -2.40. The number of benzene rings is 1. The number of nitrogens with zero attached hydrogens (tertiary/aromatic N) is 1. The molecule has 1 amide bonds. The monoisotopic (exact) mass is 364 g/mol. The summed E-state index contributed by atoms with van der Waals surface area (Å²) in [4.78, 5) is 15.0. The molecule has 3 rings (SSSR count). The van der Waals surface area contributed by atoms with Gasteiger partial charge in [-0.15, -0.1) is 0 Å². The average Bonchev–Trinajstić information content (AvgIpc) is 3.19. The van der Waals surface area contributed by atoms with Gasteiger partial charge in [0.25, 0.3) is 0 Å². The number of nitrogens with one attached hydrogen (secondary N) is 1. The van der Waals surface area contributed by atoms with Gasteiger partial charge in [-0.05, 0) is 69.3 Å². The quantitative estimate of drug-likeness (QED) is 0.885. The molecule has 0 radical (unpaired) electrons. The van der Waals surface area contributed by atoms with Crippen molar-refractivity contribution < 1.29 is 4.79 Å². The first-order chi connectivity index (χ1) is 10.5. The maximum Gasteiger partial charge on any atom is 0.226 e. The van der Waals surface area contributed by atoms with Crippen molar-refractivity contribution in [3.8, 4) is 0 Å². The minimum atomic E-state index is 0.246. The summed E-state index contributed by atoms with van der Waals surface area (Å²) >= 11 is 3.46. The lowest BCUT2D eigenvalue weighted by atomic mass is 9.91. The number of amides is 1. The molecule has 1 heterocycles. The van der Waals surface area contributed by atoms with Gasteiger partial charge in [0, 0.05) is 23.0 Å². The lowest BCUT2D eigenvalue weighted by Gasteiger charge is -2.30. The molecule has 22 heavy (non-hydrogen) atoms. The SMILES string of the molecule is CC(C)N(Cc1ccc(Br)cc1)C(=O)C1CC12CCNCC2. The van der Waals surface area contributed by atoms with Gasteiger partial charge >= 0.3 is 0 Å². The van der Waals surface area contributed by atoms with Crippen molar-refractivity contribution in [3.63, 3.8) is 0 Å². The highest BCUT2D eigenvalue weighted by Gasteiger charge is 2.58. The van der Waals surface area contributed by atoms with Gasteiger partial charge in [-0.1, -0.05) is 28.1 Å². The Bertz CT molecular complexity index is 535. The molecule has 1 aliphatic heterocycles. The summed E-state index contributed by atoms with van der Waals surface area (Å²) in [6, 6.07) is 8.53. The predicted molar refractivity (Wildman–Crippen MR) is 92.5 cm³/mol. The standard InChI is InChI=1S/C18H25BrN2O/c1-13(2)21(12-14-3-5-15(19)6-4-14)17(22)16-11-18(16)7-9-20-10-8-18/h3-6,13,16,20H,7-12H2,1-2H3. The molecule has 3 nitrogen and oxygen atoms in total. The number of rotatable bonds is 4. The molecule has 1 atom stereocenters. The van der Waals surface area contributed by atoms with Crippen molar-refractivity contribution in [1.82, 2.24) is 10.2 Å². The third-order valence-electron chi connectivity index (χ3n) is 5.26. The fraction of sp³-hybridized carbons (Fsp3) is 0.611. The molecule has 1 saturated heterocycles. The van der Waals surface area contributed by atoms with Crippen LogP contribution in [-0.2, 0) is 11.3 Å². The molecule has 0 bridgehead atoms. The zero-order chi connectivity index (χ0) is 15.7. The number of carbonyl (C=O) groups is 1. The summed E-state index contributed by atoms with van der Waals surface area (Å²) in [5, 5.41) is 3.41. The summed E-state index contributed by atoms with van der Waals surface area (Å²) in [5.41, 5.74) is 1.51. The second-order valence-corrected chi connectivity index (χ2v) is 7.97. The van der Waals surface area contributed by atoms with Gasteiger partial charge in [-0.2, -0.15) is 0 Å². The molecule has 1 aromatic carbocycles. The van der Waals surface area contributed by atoms with E-state index >= 15 is 0 Å². The lowest BCUT2D eigenvalue weighted by molar-refractivity contribution is -0.136. The van der Waals surface area contributed by atoms with Gasteiger partial charge in [0.05, 0.1) is 0 Å². The van der Waals surface area contributed by atoms with Crippen LogP contribution in [0.1, 0.15) is 38.7 Å². The van der Waals surface area contributed by atoms with Crippen LogP contribution in [0.5, 0.6) is 0 Å². The van der Waals surface area contributed by atoms with Crippen molar-refractivity contribution in [2.45, 2.75) is 45.7 Å². The molecule has 2 aliphatic rings. The molecule has 1 unspecified atom stereocenters. The van der Waals surface area contributed by atoms with Gasteiger partial charge in [0.2, 0.25) is 5.91 Å². The van der Waals surface area contributed by atoms with E-state index in [4.69, 9.17) is 0 Å². The van der Waals surface area contributed by atoms with Crippen LogP contribution in [0.3, 0.4) is 0 Å². The molecule has 2 fully saturated rings. The van der Waals surface area contributed by atoms with Crippen LogP contribution in [0.2, 0.25) is 0 Å². The van der Waals surface area contributed by atoms with Crippen LogP contribution in [0, 0.1) is 11.3 Å². The largest absolute Gasteiger partial charge is 0.336 e. The maximum absolute atomic E-state index is 13.0. The topological polar surface area (TPSA) is 32.3 Å². The third kappa shape index (κ3) is 3.23. The molecule has 0 aromatic heterocycles. The highest BCUT2D eigenvalue weighted by molar-refractivity contribution is 9.10. The molecule has 4 heteroatoms. The molecule has 1 saturated carbocycles. The fourth-order valence-electron chi connectivity index (χ4n) is 3.68. The fourth-order valence-corrected chi connectivity index (χ4v) is 3.94. The number of piperidine rings is 1. The highest BCUT2D eigenvalue weighted by Crippen LogP contribution is 2.59. The Labute approximate surface area is 141 Å². The van der Waals surface area contributed by atoms with E-state index in [0.29, 0.717) is 17.9 Å². The van der Waals surface area contributed by atoms with Gasteiger partial charge in [0.1, 0.15) is 0 Å². The summed E-state index contributed by atoms with van der Waals surface area (Å²) in [7, 11) is 0. The van der Waals surface area contributed by atoms with E-state index in [9.17, 15) is 4.79 Å². The van der Waals surface area contributed by atoms with E-state index in [0.717, 1.165) is 36.8 Å². The molecule has 1 spiro atoms. The van der Waals surface area contributed by atoms with E-state index in [1.165, 1.54) is 5.56 Å². The van der Waals surface area contributed by atoms with Gasteiger partial charge in [0.15, 0.2) is 0 Å². The number of carbonyl (C=O) groups excluding carboxylic acids is 1. The van der Waals surface area contributed by atoms with Gasteiger partial charge in [-0.25, -0.2) is 0 Å².